The van der Waals surface area contributed by atoms with E-state index >= 15 is 0 Å². The van der Waals surface area contributed by atoms with Crippen molar-refractivity contribution in [2.45, 2.75) is 24.8 Å². The van der Waals surface area contributed by atoms with Gasteiger partial charge in [-0.3, -0.25) is 9.52 Å². The Morgan fingerprint density at radius 1 is 0.897 bits per heavy atom. The van der Waals surface area contributed by atoms with E-state index in [1.807, 2.05) is 19.1 Å². The summed E-state index contributed by atoms with van der Waals surface area (Å²) in [7, 11) is -3.76. The first-order chi connectivity index (χ1) is 13.7. The Morgan fingerprint density at radius 2 is 1.48 bits per heavy atom. The molecule has 0 fully saturated rings. The summed E-state index contributed by atoms with van der Waals surface area (Å²) in [5, 5.41) is 2.81. The fourth-order valence-electron chi connectivity index (χ4n) is 2.74. The molecule has 29 heavy (non-hydrogen) atoms. The Balaban J connectivity index is 1.69. The third-order valence-electron chi connectivity index (χ3n) is 4.45. The monoisotopic (exact) mass is 412 g/mol. The standard InChI is InChI=1S/C22H21FN2O3S/c1-15-3-11-20(12-4-15)25-29(27,28)21-13-7-18(8-14-21)22(26)24-16(2)17-5-9-19(23)10-6-17/h3-14,16,25H,1-2H3,(H,24,26)/t16-/m1/s1. The van der Waals surface area contributed by atoms with Gasteiger partial charge in [0.1, 0.15) is 5.82 Å². The Kier molecular flexibility index (Phi) is 5.98. The third kappa shape index (κ3) is 5.20. The first-order valence-corrected chi connectivity index (χ1v) is 10.5. The Bertz CT molecular complexity index is 1090. The lowest BCUT2D eigenvalue weighted by Crippen LogP contribution is -2.26. The third-order valence-corrected chi connectivity index (χ3v) is 5.85. The van der Waals surface area contributed by atoms with Crippen LogP contribution in [0.5, 0.6) is 0 Å². The van der Waals surface area contributed by atoms with Crippen molar-refractivity contribution in [3.63, 3.8) is 0 Å². The highest BCUT2D eigenvalue weighted by Gasteiger charge is 2.16. The highest BCUT2D eigenvalue weighted by molar-refractivity contribution is 7.92. The van der Waals surface area contributed by atoms with Gasteiger partial charge in [-0.2, -0.15) is 0 Å². The molecule has 0 unspecified atom stereocenters. The number of hydrogen-bond donors (Lipinski definition) is 2. The second-order valence-electron chi connectivity index (χ2n) is 6.74. The van der Waals surface area contributed by atoms with Gasteiger partial charge in [-0.05, 0) is 67.9 Å². The van der Waals surface area contributed by atoms with Crippen molar-refractivity contribution in [1.29, 1.82) is 0 Å². The minimum atomic E-state index is -3.76. The highest BCUT2D eigenvalue weighted by atomic mass is 32.2. The van der Waals surface area contributed by atoms with E-state index in [0.29, 0.717) is 11.3 Å². The number of amides is 1. The van der Waals surface area contributed by atoms with Crippen LogP contribution in [0.3, 0.4) is 0 Å². The molecular formula is C22H21FN2O3S. The Labute approximate surface area is 169 Å². The molecule has 0 saturated carbocycles. The topological polar surface area (TPSA) is 75.3 Å². The lowest BCUT2D eigenvalue weighted by atomic mass is 10.1. The van der Waals surface area contributed by atoms with Gasteiger partial charge in [0.05, 0.1) is 10.9 Å². The van der Waals surface area contributed by atoms with Crippen molar-refractivity contribution in [2.75, 3.05) is 4.72 Å². The summed E-state index contributed by atoms with van der Waals surface area (Å²) in [6, 6.07) is 18.2. The predicted octanol–water partition coefficient (Wildman–Crippen LogP) is 4.43. The van der Waals surface area contributed by atoms with Crippen LogP contribution in [0.1, 0.15) is 34.5 Å². The molecule has 0 radical (unpaired) electrons. The molecule has 0 heterocycles. The van der Waals surface area contributed by atoms with Gasteiger partial charge in [-0.15, -0.1) is 0 Å². The van der Waals surface area contributed by atoms with Gasteiger partial charge >= 0.3 is 0 Å². The van der Waals surface area contributed by atoms with E-state index in [1.54, 1.807) is 31.2 Å². The average Bonchev–Trinajstić information content (AvgIpc) is 2.70. The molecule has 1 atom stereocenters. The van der Waals surface area contributed by atoms with Gasteiger partial charge in [0.2, 0.25) is 0 Å². The molecule has 5 nitrogen and oxygen atoms in total. The SMILES string of the molecule is Cc1ccc(NS(=O)(=O)c2ccc(C(=O)N[C@H](C)c3ccc(F)cc3)cc2)cc1. The molecule has 7 heteroatoms. The number of aryl methyl sites for hydroxylation is 1. The van der Waals surface area contributed by atoms with Crippen LogP contribution in [0.25, 0.3) is 0 Å². The van der Waals surface area contributed by atoms with Crippen LogP contribution >= 0.6 is 0 Å². The van der Waals surface area contributed by atoms with Gasteiger partial charge in [0, 0.05) is 11.3 Å². The molecule has 3 aromatic rings. The molecule has 0 bridgehead atoms. The first kappa shape index (κ1) is 20.5. The normalized spacial score (nSPS) is 12.2. The maximum atomic E-state index is 13.0. The Hall–Kier alpha value is -3.19. The fraction of sp³-hybridized carbons (Fsp3) is 0.136. The first-order valence-electron chi connectivity index (χ1n) is 9.00. The van der Waals surface area contributed by atoms with Gasteiger partial charge < -0.3 is 5.32 Å². The van der Waals surface area contributed by atoms with Crippen molar-refractivity contribution in [1.82, 2.24) is 5.32 Å². The van der Waals surface area contributed by atoms with Crippen LogP contribution in [-0.2, 0) is 10.0 Å². The summed E-state index contributed by atoms with van der Waals surface area (Å²) in [5.41, 5.74) is 2.58. The average molecular weight is 412 g/mol. The molecule has 0 saturated heterocycles. The van der Waals surface area contributed by atoms with Crippen LogP contribution < -0.4 is 10.0 Å². The number of halogens is 1. The maximum Gasteiger partial charge on any atom is 0.261 e. The quantitative estimate of drug-likeness (QED) is 0.629. The summed E-state index contributed by atoms with van der Waals surface area (Å²) >= 11 is 0. The van der Waals surface area contributed by atoms with Gasteiger partial charge in [0.15, 0.2) is 0 Å². The number of rotatable bonds is 6. The molecule has 2 N–H and O–H groups in total. The van der Waals surface area contributed by atoms with E-state index in [9.17, 15) is 17.6 Å². The molecular weight excluding hydrogens is 391 g/mol. The number of carbonyl (C=O) groups excluding carboxylic acids is 1. The van der Waals surface area contributed by atoms with Crippen LogP contribution in [0.2, 0.25) is 0 Å². The zero-order valence-electron chi connectivity index (χ0n) is 16.0. The van der Waals surface area contributed by atoms with Gasteiger partial charge in [-0.1, -0.05) is 29.8 Å². The van der Waals surface area contributed by atoms with Crippen molar-refractivity contribution in [3.8, 4) is 0 Å². The second kappa shape index (κ2) is 8.45. The summed E-state index contributed by atoms with van der Waals surface area (Å²) in [5.74, 6) is -0.694. The summed E-state index contributed by atoms with van der Waals surface area (Å²) in [6.45, 7) is 3.70. The molecule has 0 aromatic heterocycles. The lowest BCUT2D eigenvalue weighted by molar-refractivity contribution is 0.0940. The smallest absolute Gasteiger partial charge is 0.261 e. The number of benzene rings is 3. The summed E-state index contributed by atoms with van der Waals surface area (Å²) in [4.78, 5) is 12.5. The molecule has 3 rings (SSSR count). The largest absolute Gasteiger partial charge is 0.346 e. The van der Waals surface area contributed by atoms with E-state index in [-0.39, 0.29) is 22.7 Å². The van der Waals surface area contributed by atoms with Crippen LogP contribution in [-0.4, -0.2) is 14.3 Å². The Morgan fingerprint density at radius 3 is 2.07 bits per heavy atom. The fourth-order valence-corrected chi connectivity index (χ4v) is 3.79. The van der Waals surface area contributed by atoms with Crippen LogP contribution in [0.15, 0.2) is 77.7 Å². The minimum Gasteiger partial charge on any atom is -0.346 e. The summed E-state index contributed by atoms with van der Waals surface area (Å²) < 4.78 is 40.6. The van der Waals surface area contributed by atoms with Crippen LogP contribution in [0, 0.1) is 12.7 Å². The maximum absolute atomic E-state index is 13.0. The van der Waals surface area contributed by atoms with Crippen LogP contribution in [0.4, 0.5) is 10.1 Å². The number of anilines is 1. The predicted molar refractivity (Wildman–Crippen MR) is 111 cm³/mol. The number of hydrogen-bond acceptors (Lipinski definition) is 3. The molecule has 1 amide bonds. The van der Waals surface area contributed by atoms with E-state index in [4.69, 9.17) is 0 Å². The van der Waals surface area contributed by atoms with Crippen molar-refractivity contribution < 1.29 is 17.6 Å². The number of sulfonamides is 1. The molecule has 0 spiro atoms. The lowest BCUT2D eigenvalue weighted by Gasteiger charge is -2.15. The molecule has 0 aliphatic rings. The van der Waals surface area contributed by atoms with Gasteiger partial charge in [-0.25, -0.2) is 12.8 Å². The molecule has 0 aliphatic carbocycles. The molecule has 0 aliphatic heterocycles. The van der Waals surface area contributed by atoms with E-state index in [2.05, 4.69) is 10.0 Å². The van der Waals surface area contributed by atoms with E-state index < -0.39 is 10.0 Å². The molecule has 150 valence electrons. The van der Waals surface area contributed by atoms with Crippen molar-refractivity contribution in [2.24, 2.45) is 0 Å². The second-order valence-corrected chi connectivity index (χ2v) is 8.43. The van der Waals surface area contributed by atoms with E-state index in [0.717, 1.165) is 11.1 Å². The van der Waals surface area contributed by atoms with Crippen molar-refractivity contribution >= 4 is 21.6 Å². The number of carbonyl (C=O) groups is 1. The zero-order chi connectivity index (χ0) is 21.0. The van der Waals surface area contributed by atoms with Crippen molar-refractivity contribution in [3.05, 3.63) is 95.3 Å². The number of nitrogens with one attached hydrogen (secondary N) is 2. The van der Waals surface area contributed by atoms with Gasteiger partial charge in [0.25, 0.3) is 15.9 Å². The zero-order valence-corrected chi connectivity index (χ0v) is 16.8. The minimum absolute atomic E-state index is 0.0567. The summed E-state index contributed by atoms with van der Waals surface area (Å²) in [6.07, 6.45) is 0. The molecule has 3 aromatic carbocycles. The van der Waals surface area contributed by atoms with E-state index in [1.165, 1.54) is 36.4 Å². The highest BCUT2D eigenvalue weighted by Crippen LogP contribution is 2.18.